The first-order valence-electron chi connectivity index (χ1n) is 9.79. The maximum Gasteiger partial charge on any atom is 0.191 e. The largest absolute Gasteiger partial charge is 0.378 e. The first-order valence-corrected chi connectivity index (χ1v) is 9.79. The summed E-state index contributed by atoms with van der Waals surface area (Å²) in [5.41, 5.74) is 0. The highest BCUT2D eigenvalue weighted by Crippen LogP contribution is 2.09. The van der Waals surface area contributed by atoms with Gasteiger partial charge in [-0.3, -0.25) is 4.99 Å². The molecule has 6 heteroatoms. The van der Waals surface area contributed by atoms with Gasteiger partial charge in [0.05, 0.1) is 6.10 Å². The molecule has 0 aromatic heterocycles. The van der Waals surface area contributed by atoms with Gasteiger partial charge in [-0.2, -0.15) is 0 Å². The van der Waals surface area contributed by atoms with Crippen molar-refractivity contribution in [1.29, 1.82) is 0 Å². The number of nitrogens with zero attached hydrogens (tertiary/aromatic N) is 2. The monoisotopic (exact) mass is 470 g/mol. The third-order valence-electron chi connectivity index (χ3n) is 4.46. The number of ether oxygens (including phenoxy) is 1. The molecule has 0 aliphatic carbocycles. The van der Waals surface area contributed by atoms with Gasteiger partial charge in [-0.1, -0.05) is 27.7 Å². The first-order chi connectivity index (χ1) is 11.5. The summed E-state index contributed by atoms with van der Waals surface area (Å²) in [6, 6.07) is 0.430. The lowest BCUT2D eigenvalue weighted by atomic mass is 10.0. The molecule has 0 rings (SSSR count). The number of hydrogen-bond donors (Lipinski definition) is 2. The van der Waals surface area contributed by atoms with Crippen molar-refractivity contribution in [3.8, 4) is 0 Å². The van der Waals surface area contributed by atoms with E-state index in [1.54, 1.807) is 0 Å². The molecule has 0 aliphatic heterocycles. The van der Waals surface area contributed by atoms with Crippen LogP contribution < -0.4 is 10.6 Å². The minimum absolute atomic E-state index is 0. The predicted molar refractivity (Wildman–Crippen MR) is 121 cm³/mol. The van der Waals surface area contributed by atoms with E-state index in [1.807, 2.05) is 7.05 Å². The molecule has 0 saturated heterocycles. The molecule has 0 aromatic carbocycles. The van der Waals surface area contributed by atoms with Gasteiger partial charge in [0.2, 0.25) is 0 Å². The van der Waals surface area contributed by atoms with Crippen LogP contribution in [0.15, 0.2) is 4.99 Å². The first kappa shape index (κ1) is 27.1. The van der Waals surface area contributed by atoms with Crippen LogP contribution in [0.2, 0.25) is 0 Å². The summed E-state index contributed by atoms with van der Waals surface area (Å²) in [6.45, 7) is 18.3. The Morgan fingerprint density at radius 3 is 2.20 bits per heavy atom. The molecule has 0 saturated carbocycles. The number of hydrogen-bond acceptors (Lipinski definition) is 3. The average molecular weight is 470 g/mol. The smallest absolute Gasteiger partial charge is 0.191 e. The van der Waals surface area contributed by atoms with Crippen molar-refractivity contribution in [2.24, 2.45) is 10.9 Å². The second-order valence-corrected chi connectivity index (χ2v) is 6.74. The summed E-state index contributed by atoms with van der Waals surface area (Å²) in [5.74, 6) is 1.44. The van der Waals surface area contributed by atoms with E-state index in [0.29, 0.717) is 18.1 Å². The van der Waals surface area contributed by atoms with Gasteiger partial charge >= 0.3 is 0 Å². The molecule has 0 aromatic rings. The summed E-state index contributed by atoms with van der Waals surface area (Å²) in [7, 11) is 1.83. The van der Waals surface area contributed by atoms with Gasteiger partial charge in [0.1, 0.15) is 0 Å². The zero-order valence-corrected chi connectivity index (χ0v) is 19.9. The van der Waals surface area contributed by atoms with Gasteiger partial charge in [0, 0.05) is 26.2 Å². The van der Waals surface area contributed by atoms with Crippen LogP contribution in [-0.4, -0.2) is 62.8 Å². The van der Waals surface area contributed by atoms with Crippen LogP contribution in [0.1, 0.15) is 60.8 Å². The summed E-state index contributed by atoms with van der Waals surface area (Å²) < 4.78 is 5.79. The Morgan fingerprint density at radius 1 is 1.08 bits per heavy atom. The fraction of sp³-hybridized carbons (Fsp3) is 0.947. The Balaban J connectivity index is 0. The molecule has 2 N–H and O–H groups in total. The molecule has 2 unspecified atom stereocenters. The minimum Gasteiger partial charge on any atom is -0.378 e. The molecular weight excluding hydrogens is 427 g/mol. The van der Waals surface area contributed by atoms with Crippen LogP contribution in [0.4, 0.5) is 0 Å². The summed E-state index contributed by atoms with van der Waals surface area (Å²) >= 11 is 0. The van der Waals surface area contributed by atoms with Gasteiger partial charge in [-0.05, 0) is 58.7 Å². The number of aliphatic imine (C=N–C) groups is 1. The topological polar surface area (TPSA) is 48.9 Å². The number of nitrogens with one attached hydrogen (secondary N) is 2. The SMILES string of the molecule is CCOC(CCNC(=NC)NC(C)CCCN(CC)CC)C(C)C.I. The summed E-state index contributed by atoms with van der Waals surface area (Å²) in [5, 5.41) is 6.91. The number of rotatable bonds is 13. The highest BCUT2D eigenvalue weighted by molar-refractivity contribution is 14.0. The van der Waals surface area contributed by atoms with Crippen LogP contribution in [0, 0.1) is 5.92 Å². The molecule has 152 valence electrons. The maximum atomic E-state index is 5.79. The fourth-order valence-corrected chi connectivity index (χ4v) is 2.82. The van der Waals surface area contributed by atoms with E-state index in [4.69, 9.17) is 4.74 Å². The predicted octanol–water partition coefficient (Wildman–Crippen LogP) is 3.73. The van der Waals surface area contributed by atoms with Gasteiger partial charge < -0.3 is 20.3 Å². The van der Waals surface area contributed by atoms with Gasteiger partial charge in [-0.25, -0.2) is 0 Å². The zero-order chi connectivity index (χ0) is 18.4. The fourth-order valence-electron chi connectivity index (χ4n) is 2.82. The van der Waals surface area contributed by atoms with E-state index >= 15 is 0 Å². The Labute approximate surface area is 173 Å². The van der Waals surface area contributed by atoms with Crippen molar-refractivity contribution in [3.05, 3.63) is 0 Å². The maximum absolute atomic E-state index is 5.79. The van der Waals surface area contributed by atoms with Crippen LogP contribution in [0.25, 0.3) is 0 Å². The molecule has 0 spiro atoms. The van der Waals surface area contributed by atoms with E-state index in [0.717, 1.165) is 45.0 Å². The molecule has 0 heterocycles. The quantitative estimate of drug-likeness (QED) is 0.245. The minimum atomic E-state index is 0. The highest BCUT2D eigenvalue weighted by atomic mass is 127. The van der Waals surface area contributed by atoms with E-state index in [1.165, 1.54) is 13.0 Å². The van der Waals surface area contributed by atoms with E-state index in [-0.39, 0.29) is 24.0 Å². The lowest BCUT2D eigenvalue weighted by molar-refractivity contribution is 0.0258. The zero-order valence-electron chi connectivity index (χ0n) is 17.6. The Hall–Kier alpha value is -0.0800. The molecular formula is C19H43IN4O. The average Bonchev–Trinajstić information content (AvgIpc) is 2.56. The van der Waals surface area contributed by atoms with Crippen molar-refractivity contribution in [1.82, 2.24) is 15.5 Å². The van der Waals surface area contributed by atoms with Crippen LogP contribution >= 0.6 is 24.0 Å². The molecule has 0 fully saturated rings. The Bertz CT molecular complexity index is 323. The molecule has 2 atom stereocenters. The molecule has 0 aliphatic rings. The van der Waals surface area contributed by atoms with Gasteiger partial charge in [0.25, 0.3) is 0 Å². The van der Waals surface area contributed by atoms with E-state index in [2.05, 4.69) is 62.1 Å². The van der Waals surface area contributed by atoms with Crippen molar-refractivity contribution in [2.75, 3.05) is 39.8 Å². The van der Waals surface area contributed by atoms with E-state index < -0.39 is 0 Å². The highest BCUT2D eigenvalue weighted by Gasteiger charge is 2.13. The van der Waals surface area contributed by atoms with Gasteiger partial charge in [-0.15, -0.1) is 24.0 Å². The number of halogens is 1. The normalized spacial score (nSPS) is 14.4. The van der Waals surface area contributed by atoms with Crippen molar-refractivity contribution in [2.45, 2.75) is 73.0 Å². The van der Waals surface area contributed by atoms with Crippen LogP contribution in [-0.2, 0) is 4.74 Å². The number of guanidine groups is 1. The second-order valence-electron chi connectivity index (χ2n) is 6.74. The van der Waals surface area contributed by atoms with Crippen molar-refractivity contribution >= 4 is 29.9 Å². The van der Waals surface area contributed by atoms with Crippen molar-refractivity contribution < 1.29 is 4.74 Å². The molecule has 0 amide bonds. The second kappa shape index (κ2) is 17.3. The third-order valence-corrected chi connectivity index (χ3v) is 4.46. The molecule has 0 bridgehead atoms. The lowest BCUT2D eigenvalue weighted by Crippen LogP contribution is -2.43. The molecule has 0 radical (unpaired) electrons. The van der Waals surface area contributed by atoms with Gasteiger partial charge in [0.15, 0.2) is 5.96 Å². The summed E-state index contributed by atoms with van der Waals surface area (Å²) in [4.78, 5) is 6.81. The summed E-state index contributed by atoms with van der Waals surface area (Å²) in [6.07, 6.45) is 3.69. The van der Waals surface area contributed by atoms with Crippen LogP contribution in [0.5, 0.6) is 0 Å². The van der Waals surface area contributed by atoms with Crippen LogP contribution in [0.3, 0.4) is 0 Å². The third kappa shape index (κ3) is 13.7. The lowest BCUT2D eigenvalue weighted by Gasteiger charge is -2.23. The molecule has 5 nitrogen and oxygen atoms in total. The van der Waals surface area contributed by atoms with Crippen molar-refractivity contribution in [3.63, 3.8) is 0 Å². The van der Waals surface area contributed by atoms with E-state index in [9.17, 15) is 0 Å². The standard InChI is InChI=1S/C19H42N4O.HI/c1-8-23(9-2)15-11-12-17(6)22-19(20-7)21-14-13-18(16(4)5)24-10-3;/h16-18H,8-15H2,1-7H3,(H2,20,21,22);1H. The molecule has 25 heavy (non-hydrogen) atoms. The Morgan fingerprint density at radius 2 is 1.72 bits per heavy atom. The Kier molecular flexibility index (Phi) is 18.8.